The molecule has 198 valence electrons. The van der Waals surface area contributed by atoms with E-state index in [9.17, 15) is 36.0 Å². The van der Waals surface area contributed by atoms with Crippen molar-refractivity contribution in [3.8, 4) is 5.75 Å². The number of rotatable bonds is 11. The number of aldehydes is 1. The van der Waals surface area contributed by atoms with Gasteiger partial charge in [-0.05, 0) is 35.9 Å². The van der Waals surface area contributed by atoms with E-state index in [1.165, 1.54) is 24.3 Å². The van der Waals surface area contributed by atoms with Gasteiger partial charge in [0.1, 0.15) is 5.75 Å². The molecule has 2 aromatic carbocycles. The Morgan fingerprint density at radius 1 is 1.17 bits per heavy atom. The maximum absolute atomic E-state index is 12.7. The highest BCUT2D eigenvalue weighted by Crippen LogP contribution is 2.30. The second kappa shape index (κ2) is 12.2. The van der Waals surface area contributed by atoms with E-state index >= 15 is 0 Å². The monoisotopic (exact) mass is 533 g/mol. The number of alkyl halides is 3. The Kier molecular flexibility index (Phi) is 9.82. The number of ether oxygens (including phenoxy) is 2. The first kappa shape index (κ1) is 29.0. The maximum Gasteiger partial charge on any atom is 0.525 e. The van der Waals surface area contributed by atoms with Crippen LogP contribution in [0.15, 0.2) is 30.3 Å². The van der Waals surface area contributed by atoms with E-state index in [0.717, 1.165) is 31.7 Å². The van der Waals surface area contributed by atoms with Gasteiger partial charge in [0, 0.05) is 18.0 Å². The summed E-state index contributed by atoms with van der Waals surface area (Å²) in [4.78, 5) is 36.6. The largest absolute Gasteiger partial charge is 0.525 e. The summed E-state index contributed by atoms with van der Waals surface area (Å²) >= 11 is 0. The molecule has 1 amide bonds. The van der Waals surface area contributed by atoms with E-state index in [2.05, 4.69) is 11.2 Å². The Morgan fingerprint density at radius 2 is 1.86 bits per heavy atom. The lowest BCUT2D eigenvalue weighted by molar-refractivity contribution is -0.0786. The third kappa shape index (κ3) is 7.17. The van der Waals surface area contributed by atoms with Gasteiger partial charge in [-0.1, -0.05) is 45.2 Å². The Hall–Kier alpha value is -3.19. The standard InChI is InChI=1S/C23H26F3NO8S/c1-4-6-8-15(5-2)14-33-22(30)34-18-11-16-9-7-10-19(20(16)17(12-18)13-28)21(29)27(3)35-36(31,32)23(24,25)26/h7,9-13,15H,4-6,8,14H2,1-3H3. The molecule has 0 radical (unpaired) electrons. The lowest BCUT2D eigenvalue weighted by Crippen LogP contribution is -2.36. The normalized spacial score (nSPS) is 12.7. The second-order valence-electron chi connectivity index (χ2n) is 7.89. The molecule has 0 saturated carbocycles. The molecule has 2 aromatic rings. The van der Waals surface area contributed by atoms with Gasteiger partial charge in [0.05, 0.1) is 12.2 Å². The smallest absolute Gasteiger partial charge is 0.434 e. The van der Waals surface area contributed by atoms with E-state index in [0.29, 0.717) is 13.3 Å². The van der Waals surface area contributed by atoms with E-state index < -0.39 is 27.7 Å². The summed E-state index contributed by atoms with van der Waals surface area (Å²) in [5, 5.41) is 0.106. The predicted molar refractivity (Wildman–Crippen MR) is 123 cm³/mol. The number of hydroxylamine groups is 2. The third-order valence-electron chi connectivity index (χ3n) is 5.30. The molecule has 36 heavy (non-hydrogen) atoms. The van der Waals surface area contributed by atoms with Gasteiger partial charge < -0.3 is 9.47 Å². The first-order valence-corrected chi connectivity index (χ1v) is 12.4. The van der Waals surface area contributed by atoms with E-state index in [1.807, 2.05) is 6.92 Å². The lowest BCUT2D eigenvalue weighted by atomic mass is 9.99. The van der Waals surface area contributed by atoms with Crippen molar-refractivity contribution in [3.05, 3.63) is 41.5 Å². The number of amides is 1. The molecule has 0 N–H and O–H groups in total. The van der Waals surface area contributed by atoms with Crippen molar-refractivity contribution in [2.75, 3.05) is 13.7 Å². The summed E-state index contributed by atoms with van der Waals surface area (Å²) in [6.45, 7) is 4.20. The third-order valence-corrected chi connectivity index (χ3v) is 6.29. The Labute approximate surface area is 206 Å². The van der Waals surface area contributed by atoms with Crippen molar-refractivity contribution in [3.63, 3.8) is 0 Å². The van der Waals surface area contributed by atoms with Gasteiger partial charge >= 0.3 is 21.8 Å². The number of hydrogen-bond acceptors (Lipinski definition) is 8. The highest BCUT2D eigenvalue weighted by Gasteiger charge is 2.49. The SMILES string of the molecule is CCCCC(CC)COC(=O)Oc1cc(C=O)c2c(C(=O)N(C)OS(=O)(=O)C(F)(F)F)cccc2c1. The first-order chi connectivity index (χ1) is 16.8. The van der Waals surface area contributed by atoms with Crippen LogP contribution in [-0.4, -0.2) is 51.0 Å². The summed E-state index contributed by atoms with van der Waals surface area (Å²) in [7, 11) is -5.41. The molecule has 0 aliphatic carbocycles. The van der Waals surface area contributed by atoms with E-state index in [-0.39, 0.29) is 45.2 Å². The molecule has 0 saturated heterocycles. The van der Waals surface area contributed by atoms with Crippen LogP contribution >= 0.6 is 0 Å². The molecule has 9 nitrogen and oxygen atoms in total. The summed E-state index contributed by atoms with van der Waals surface area (Å²) in [5.41, 5.74) is -6.20. The molecular formula is C23H26F3NO8S. The van der Waals surface area contributed by atoms with Crippen LogP contribution in [0, 0.1) is 5.92 Å². The van der Waals surface area contributed by atoms with Gasteiger partial charge in [-0.15, -0.1) is 4.28 Å². The van der Waals surface area contributed by atoms with Crippen molar-refractivity contribution >= 4 is 39.2 Å². The van der Waals surface area contributed by atoms with Crippen molar-refractivity contribution in [2.24, 2.45) is 5.92 Å². The number of carbonyl (C=O) groups is 3. The highest BCUT2D eigenvalue weighted by atomic mass is 32.2. The fourth-order valence-electron chi connectivity index (χ4n) is 3.37. The fourth-order valence-corrected chi connectivity index (χ4v) is 3.81. The summed E-state index contributed by atoms with van der Waals surface area (Å²) in [6.07, 6.45) is 3.08. The van der Waals surface area contributed by atoms with Gasteiger partial charge in [-0.3, -0.25) is 9.59 Å². The number of nitrogens with zero attached hydrogens (tertiary/aromatic N) is 1. The first-order valence-electron chi connectivity index (χ1n) is 11.0. The van der Waals surface area contributed by atoms with Crippen LogP contribution in [0.5, 0.6) is 5.75 Å². The minimum Gasteiger partial charge on any atom is -0.434 e. The van der Waals surface area contributed by atoms with Crippen LogP contribution in [0.1, 0.15) is 60.2 Å². The molecule has 0 aromatic heterocycles. The maximum atomic E-state index is 12.7. The zero-order valence-electron chi connectivity index (χ0n) is 19.8. The minimum atomic E-state index is -6.09. The molecule has 0 heterocycles. The van der Waals surface area contributed by atoms with Crippen LogP contribution in [0.3, 0.4) is 0 Å². The predicted octanol–water partition coefficient (Wildman–Crippen LogP) is 5.24. The second-order valence-corrected chi connectivity index (χ2v) is 9.41. The number of unbranched alkanes of at least 4 members (excludes halogenated alkanes) is 1. The molecule has 0 spiro atoms. The zero-order chi connectivity index (χ0) is 27.1. The molecule has 0 fully saturated rings. The quantitative estimate of drug-likeness (QED) is 0.127. The van der Waals surface area contributed by atoms with Gasteiger partial charge in [-0.25, -0.2) is 9.86 Å². The molecule has 1 unspecified atom stereocenters. The molecule has 0 aliphatic rings. The summed E-state index contributed by atoms with van der Waals surface area (Å²) in [5.74, 6) is -1.15. The van der Waals surface area contributed by atoms with Gasteiger partial charge in [0.15, 0.2) is 6.29 Å². The van der Waals surface area contributed by atoms with Crippen LogP contribution in [-0.2, 0) is 19.1 Å². The number of hydrogen-bond donors (Lipinski definition) is 0. The highest BCUT2D eigenvalue weighted by molar-refractivity contribution is 7.87. The van der Waals surface area contributed by atoms with Gasteiger partial charge in [0.25, 0.3) is 5.91 Å². The van der Waals surface area contributed by atoms with Gasteiger partial charge in [0.2, 0.25) is 0 Å². The zero-order valence-corrected chi connectivity index (χ0v) is 20.6. The van der Waals surface area contributed by atoms with Gasteiger partial charge in [-0.2, -0.15) is 21.6 Å². The summed E-state index contributed by atoms with van der Waals surface area (Å²) in [6, 6.07) is 6.45. The lowest BCUT2D eigenvalue weighted by Gasteiger charge is -2.18. The molecule has 13 heteroatoms. The molecular weight excluding hydrogens is 507 g/mol. The van der Waals surface area contributed by atoms with Crippen LogP contribution in [0.25, 0.3) is 10.8 Å². The number of benzene rings is 2. The Bertz CT molecular complexity index is 1210. The average Bonchev–Trinajstić information content (AvgIpc) is 2.81. The van der Waals surface area contributed by atoms with Crippen molar-refractivity contribution in [2.45, 2.75) is 45.0 Å². The Balaban J connectivity index is 2.29. The fraction of sp³-hybridized carbons (Fsp3) is 0.435. The Morgan fingerprint density at radius 3 is 2.44 bits per heavy atom. The van der Waals surface area contributed by atoms with Crippen LogP contribution in [0.2, 0.25) is 0 Å². The number of halogens is 3. The van der Waals surface area contributed by atoms with Crippen LogP contribution in [0.4, 0.5) is 18.0 Å². The van der Waals surface area contributed by atoms with E-state index in [4.69, 9.17) is 9.47 Å². The summed E-state index contributed by atoms with van der Waals surface area (Å²) < 4.78 is 74.5. The average molecular weight is 534 g/mol. The minimum absolute atomic E-state index is 0.0105. The molecule has 0 bridgehead atoms. The van der Waals surface area contributed by atoms with E-state index in [1.54, 1.807) is 0 Å². The van der Waals surface area contributed by atoms with Crippen LogP contribution < -0.4 is 4.74 Å². The number of fused-ring (bicyclic) bond motifs is 1. The topological polar surface area (TPSA) is 116 Å². The molecule has 0 aliphatic heterocycles. The number of carbonyl (C=O) groups excluding carboxylic acids is 3. The molecule has 2 rings (SSSR count). The van der Waals surface area contributed by atoms with Crippen molar-refractivity contribution < 1.29 is 49.7 Å². The van der Waals surface area contributed by atoms with Crippen molar-refractivity contribution in [1.29, 1.82) is 0 Å². The molecule has 1 atom stereocenters. The van der Waals surface area contributed by atoms with Crippen molar-refractivity contribution in [1.82, 2.24) is 5.06 Å².